The molecule has 0 spiro atoms. The normalized spacial score (nSPS) is 18.5. The molecule has 2 aliphatic rings. The fourth-order valence-electron chi connectivity index (χ4n) is 5.61. The van der Waals surface area contributed by atoms with E-state index in [1.807, 2.05) is 88.7 Å². The predicted octanol–water partition coefficient (Wildman–Crippen LogP) is 8.10. The Kier molecular flexibility index (Phi) is 13.4. The fraction of sp³-hybridized carbons (Fsp3) is 0.389. The molecule has 2 fully saturated rings. The van der Waals surface area contributed by atoms with Gasteiger partial charge in [0.15, 0.2) is 33.2 Å². The highest BCUT2D eigenvalue weighted by Gasteiger charge is 2.34. The maximum absolute atomic E-state index is 8.59. The quantitative estimate of drug-likeness (QED) is 0.0761. The molecule has 2 aromatic carbocycles. The van der Waals surface area contributed by atoms with Gasteiger partial charge >= 0.3 is 0 Å². The Morgan fingerprint density at radius 1 is 0.727 bits per heavy atom. The summed E-state index contributed by atoms with van der Waals surface area (Å²) in [6.07, 6.45) is 3.50. The van der Waals surface area contributed by atoms with Gasteiger partial charge < -0.3 is 28.8 Å². The van der Waals surface area contributed by atoms with E-state index < -0.39 is 11.6 Å². The van der Waals surface area contributed by atoms with Crippen LogP contribution in [0.15, 0.2) is 58.8 Å². The maximum atomic E-state index is 8.59. The van der Waals surface area contributed by atoms with Crippen molar-refractivity contribution in [3.05, 3.63) is 63.7 Å². The molecule has 8 rings (SSSR count). The van der Waals surface area contributed by atoms with E-state index in [2.05, 4.69) is 40.3 Å². The third-order valence-corrected chi connectivity index (χ3v) is 10.1. The third-order valence-electron chi connectivity index (χ3n) is 8.10. The minimum atomic E-state index is -0.599. The standard InChI is InChI=1S/C18H19ClN4O3S.C12H8Cl2N4S.C6H12O3/c1-18(2)25-9-10(26-18)8-24-16-13-14(11-6-4-5-7-12(11)19)22-23-15(13)20-17(21-16)27-3;1-19-12-15-10(14)8-9(17-18-11(8)16-12)6-4-2-3-5-7(6)13;1-6(2)8-4-5(3-7)9-6/h4-7,10H,8-9H2,1-3H3,(H,20,21,22,23);2-5H,1H3,(H,15,16,17,18);5,7H,3-4H2,1-2H3/t10-;;5-/m1.1/s1. The van der Waals surface area contributed by atoms with E-state index in [4.69, 9.17) is 63.6 Å². The number of thioether (sulfide) groups is 2. The average molecular weight is 850 g/mol. The van der Waals surface area contributed by atoms with Crippen LogP contribution in [0.2, 0.25) is 15.2 Å². The van der Waals surface area contributed by atoms with Crippen molar-refractivity contribution in [1.29, 1.82) is 0 Å². The summed E-state index contributed by atoms with van der Waals surface area (Å²) in [6, 6.07) is 15.0. The number of aliphatic hydroxyl groups excluding tert-OH is 1. The lowest BCUT2D eigenvalue weighted by atomic mass is 10.1. The summed E-state index contributed by atoms with van der Waals surface area (Å²) < 4.78 is 27.8. The number of rotatable bonds is 8. The number of hydrogen-bond acceptors (Lipinski definition) is 14. The minimum absolute atomic E-state index is 0.0451. The zero-order valence-electron chi connectivity index (χ0n) is 30.7. The molecular formula is C36H39Cl3N8O6S2. The SMILES string of the molecule is CC1(C)OC[C@@H](CO)O1.CSc1nc(Cl)c2c(-c3ccccc3Cl)[nH]nc2n1.CSc1nc(OC[C@@H]2COC(C)(C)O2)c2c(-c3ccccc3Cl)[nH]nc2n1. The number of ether oxygens (including phenoxy) is 5. The molecule has 4 aromatic heterocycles. The first-order valence-corrected chi connectivity index (χ1v) is 20.5. The van der Waals surface area contributed by atoms with Crippen LogP contribution in [0.4, 0.5) is 0 Å². The summed E-state index contributed by atoms with van der Waals surface area (Å²) in [6.45, 7) is 8.77. The van der Waals surface area contributed by atoms with Crippen molar-refractivity contribution in [2.45, 2.75) is 61.8 Å². The van der Waals surface area contributed by atoms with Crippen LogP contribution in [0.5, 0.6) is 5.88 Å². The van der Waals surface area contributed by atoms with E-state index in [-0.39, 0.29) is 18.8 Å². The summed E-state index contributed by atoms with van der Waals surface area (Å²) in [7, 11) is 0. The Hall–Kier alpha value is -3.29. The number of fused-ring (bicyclic) bond motifs is 2. The van der Waals surface area contributed by atoms with Crippen LogP contribution in [-0.2, 0) is 18.9 Å². The zero-order valence-corrected chi connectivity index (χ0v) is 34.6. The summed E-state index contributed by atoms with van der Waals surface area (Å²) in [5.74, 6) is -0.646. The van der Waals surface area contributed by atoms with Crippen LogP contribution in [0, 0.1) is 0 Å². The molecule has 292 valence electrons. The van der Waals surface area contributed by atoms with Gasteiger partial charge in [-0.05, 0) is 52.3 Å². The second-order valence-electron chi connectivity index (χ2n) is 13.0. The van der Waals surface area contributed by atoms with E-state index in [1.165, 1.54) is 23.5 Å². The van der Waals surface area contributed by atoms with Crippen LogP contribution in [0.1, 0.15) is 27.7 Å². The number of nitrogens with one attached hydrogen (secondary N) is 2. The molecule has 0 amide bonds. The lowest BCUT2D eigenvalue weighted by Crippen LogP contribution is -2.25. The molecule has 2 aliphatic heterocycles. The Bertz CT molecular complexity index is 2260. The van der Waals surface area contributed by atoms with E-state index in [0.29, 0.717) is 73.3 Å². The maximum Gasteiger partial charge on any atom is 0.229 e. The molecule has 55 heavy (non-hydrogen) atoms. The van der Waals surface area contributed by atoms with E-state index in [0.717, 1.165) is 22.5 Å². The van der Waals surface area contributed by atoms with Crippen molar-refractivity contribution in [3.63, 3.8) is 0 Å². The monoisotopic (exact) mass is 848 g/mol. The predicted molar refractivity (Wildman–Crippen MR) is 215 cm³/mol. The average Bonchev–Trinajstić information content (AvgIpc) is 3.96. The van der Waals surface area contributed by atoms with Gasteiger partial charge in [-0.3, -0.25) is 10.2 Å². The van der Waals surface area contributed by atoms with Crippen LogP contribution in [-0.4, -0.2) is 108 Å². The van der Waals surface area contributed by atoms with Crippen molar-refractivity contribution in [3.8, 4) is 28.4 Å². The van der Waals surface area contributed by atoms with Gasteiger partial charge in [0.2, 0.25) is 5.88 Å². The van der Waals surface area contributed by atoms with E-state index in [1.54, 1.807) is 0 Å². The molecule has 0 aliphatic carbocycles. The molecule has 14 nitrogen and oxygen atoms in total. The van der Waals surface area contributed by atoms with Crippen LogP contribution >= 0.6 is 58.3 Å². The van der Waals surface area contributed by atoms with Gasteiger partial charge in [-0.25, -0.2) is 15.0 Å². The number of halogens is 3. The number of aromatic nitrogens is 8. The van der Waals surface area contributed by atoms with Crippen molar-refractivity contribution in [1.82, 2.24) is 40.3 Å². The van der Waals surface area contributed by atoms with Gasteiger partial charge in [0, 0.05) is 21.2 Å². The molecular weight excluding hydrogens is 811 g/mol. The van der Waals surface area contributed by atoms with Gasteiger partial charge in [0.1, 0.15) is 29.4 Å². The molecule has 0 bridgehead atoms. The number of benzene rings is 2. The fourth-order valence-corrected chi connectivity index (χ4v) is 7.10. The Balaban J connectivity index is 0.000000159. The highest BCUT2D eigenvalue weighted by atomic mass is 35.5. The largest absolute Gasteiger partial charge is 0.474 e. The Labute approximate surface area is 340 Å². The first kappa shape index (κ1) is 41.3. The summed E-state index contributed by atoms with van der Waals surface area (Å²) >= 11 is 21.6. The Morgan fingerprint density at radius 3 is 1.69 bits per heavy atom. The van der Waals surface area contributed by atoms with Gasteiger partial charge in [-0.1, -0.05) is 94.7 Å². The van der Waals surface area contributed by atoms with Crippen molar-refractivity contribution in [2.24, 2.45) is 0 Å². The molecule has 6 heterocycles. The second-order valence-corrected chi connectivity index (χ2v) is 15.7. The van der Waals surface area contributed by atoms with Crippen LogP contribution < -0.4 is 4.74 Å². The topological polar surface area (TPSA) is 175 Å². The second kappa shape index (κ2) is 17.9. The minimum Gasteiger partial charge on any atom is -0.474 e. The summed E-state index contributed by atoms with van der Waals surface area (Å²) in [5, 5.41) is 27.2. The van der Waals surface area contributed by atoms with Crippen LogP contribution in [0.3, 0.4) is 0 Å². The molecule has 3 N–H and O–H groups in total. The summed E-state index contributed by atoms with van der Waals surface area (Å²) in [4.78, 5) is 17.5. The Morgan fingerprint density at radius 2 is 1.22 bits per heavy atom. The smallest absolute Gasteiger partial charge is 0.229 e. The molecule has 6 aromatic rings. The lowest BCUT2D eigenvalue weighted by molar-refractivity contribution is -0.142. The number of aromatic amines is 2. The molecule has 2 saturated heterocycles. The molecule has 2 atom stereocenters. The zero-order chi connectivity index (χ0) is 39.3. The summed E-state index contributed by atoms with van der Waals surface area (Å²) in [5.41, 5.74) is 4.17. The molecule has 0 radical (unpaired) electrons. The highest BCUT2D eigenvalue weighted by molar-refractivity contribution is 7.98. The third kappa shape index (κ3) is 10.00. The molecule has 0 unspecified atom stereocenters. The van der Waals surface area contributed by atoms with Gasteiger partial charge in [0.25, 0.3) is 0 Å². The van der Waals surface area contributed by atoms with E-state index in [9.17, 15) is 0 Å². The highest BCUT2D eigenvalue weighted by Crippen LogP contribution is 2.37. The van der Waals surface area contributed by atoms with Crippen LogP contribution in [0.25, 0.3) is 44.6 Å². The number of H-pyrrole nitrogens is 2. The van der Waals surface area contributed by atoms with Gasteiger partial charge in [0.05, 0.1) is 36.6 Å². The molecule has 19 heteroatoms. The van der Waals surface area contributed by atoms with Crippen molar-refractivity contribution < 1.29 is 28.8 Å². The van der Waals surface area contributed by atoms with Crippen molar-refractivity contribution in [2.75, 3.05) is 38.9 Å². The first-order chi connectivity index (χ1) is 26.3. The number of hydrogen-bond donors (Lipinski definition) is 3. The van der Waals surface area contributed by atoms with E-state index >= 15 is 0 Å². The number of nitrogens with zero attached hydrogens (tertiary/aromatic N) is 6. The lowest BCUT2D eigenvalue weighted by Gasteiger charge is -2.17. The van der Waals surface area contributed by atoms with Crippen molar-refractivity contribution >= 4 is 80.4 Å². The number of aliphatic hydroxyl groups is 1. The van der Waals surface area contributed by atoms with Gasteiger partial charge in [-0.2, -0.15) is 15.2 Å². The van der Waals surface area contributed by atoms with Gasteiger partial charge in [-0.15, -0.1) is 0 Å². The molecule has 0 saturated carbocycles. The first-order valence-electron chi connectivity index (χ1n) is 16.9.